The molecule has 0 aromatic rings. The Balaban J connectivity index is 0.000000331. The van der Waals surface area contributed by atoms with E-state index >= 15 is 0 Å². The maximum atomic E-state index is 12.8. The molecule has 0 spiro atoms. The summed E-state index contributed by atoms with van der Waals surface area (Å²) >= 11 is 0. The van der Waals surface area contributed by atoms with E-state index in [2.05, 4.69) is 14.2 Å². The number of hydrogen-bond donors (Lipinski definition) is 1. The van der Waals surface area contributed by atoms with Crippen molar-refractivity contribution < 1.29 is 56.1 Å². The van der Waals surface area contributed by atoms with E-state index in [1.807, 2.05) is 0 Å². The smallest absolute Gasteiger partial charge is 0.409 e. The van der Waals surface area contributed by atoms with Crippen LogP contribution < -0.4 is 0 Å². The highest BCUT2D eigenvalue weighted by Crippen LogP contribution is 2.29. The monoisotopic (exact) mass is 488 g/mol. The van der Waals surface area contributed by atoms with Crippen LogP contribution in [0.2, 0.25) is 0 Å². The average molecular weight is 488 g/mol. The summed E-state index contributed by atoms with van der Waals surface area (Å²) in [5, 5.41) is 8.74. The van der Waals surface area contributed by atoms with Crippen molar-refractivity contribution in [2.75, 3.05) is 34.4 Å². The first-order valence-corrected chi connectivity index (χ1v) is 10.0. The third kappa shape index (κ3) is 7.63. The number of halogens is 4. The van der Waals surface area contributed by atoms with Crippen LogP contribution in [0.15, 0.2) is 0 Å². The van der Waals surface area contributed by atoms with Crippen molar-refractivity contribution in [3.05, 3.63) is 0 Å². The molecule has 0 aromatic carbocycles. The van der Waals surface area contributed by atoms with Crippen LogP contribution in [0.25, 0.3) is 0 Å². The van der Waals surface area contributed by atoms with Gasteiger partial charge in [0.05, 0.1) is 45.2 Å². The minimum Gasteiger partial charge on any atom is -0.481 e. The first-order valence-electron chi connectivity index (χ1n) is 10.0. The zero-order valence-corrected chi connectivity index (χ0v) is 18.4. The summed E-state index contributed by atoms with van der Waals surface area (Å²) in [4.78, 5) is 46.3. The van der Waals surface area contributed by atoms with Gasteiger partial charge in [-0.25, -0.2) is 27.2 Å². The molecule has 10 nitrogen and oxygen atoms in total. The molecule has 2 saturated heterocycles. The van der Waals surface area contributed by atoms with Crippen molar-refractivity contribution in [2.45, 2.75) is 50.6 Å². The number of carboxylic acids is 1. The van der Waals surface area contributed by atoms with Crippen molar-refractivity contribution in [1.29, 1.82) is 0 Å². The van der Waals surface area contributed by atoms with Gasteiger partial charge in [0.15, 0.2) is 0 Å². The van der Waals surface area contributed by atoms with Gasteiger partial charge >= 0.3 is 24.1 Å². The molecule has 4 atom stereocenters. The highest BCUT2D eigenvalue weighted by Gasteiger charge is 2.41. The minimum atomic E-state index is -2.76. The van der Waals surface area contributed by atoms with Crippen LogP contribution in [0.1, 0.15) is 25.7 Å². The number of alkyl halides is 4. The lowest BCUT2D eigenvalue weighted by molar-refractivity contribution is -0.149. The number of piperidine rings is 2. The first kappa shape index (κ1) is 28.2. The second kappa shape index (κ2) is 13.0. The summed E-state index contributed by atoms with van der Waals surface area (Å²) in [5.74, 6) is -3.02. The molecule has 0 aromatic heterocycles. The van der Waals surface area contributed by atoms with Crippen LogP contribution in [0, 0.1) is 11.8 Å². The first-order chi connectivity index (χ1) is 15.5. The van der Waals surface area contributed by atoms with Crippen LogP contribution in [0.5, 0.6) is 0 Å². The van der Waals surface area contributed by atoms with E-state index < -0.39 is 60.9 Å². The topological polar surface area (TPSA) is 123 Å². The van der Waals surface area contributed by atoms with E-state index in [9.17, 15) is 36.7 Å². The van der Waals surface area contributed by atoms with Crippen molar-refractivity contribution in [3.8, 4) is 0 Å². The summed E-state index contributed by atoms with van der Waals surface area (Å²) < 4.78 is 64.3. The van der Waals surface area contributed by atoms with Gasteiger partial charge in [-0.05, 0) is 25.7 Å². The number of aliphatic carboxylic acids is 1. The number of methoxy groups -OCH3 is 3. The van der Waals surface area contributed by atoms with Crippen LogP contribution in [-0.2, 0) is 23.8 Å². The van der Waals surface area contributed by atoms with E-state index in [0.29, 0.717) is 6.42 Å². The van der Waals surface area contributed by atoms with E-state index in [-0.39, 0.29) is 32.4 Å². The van der Waals surface area contributed by atoms with Gasteiger partial charge < -0.3 is 19.3 Å². The molecule has 0 bridgehead atoms. The third-order valence-electron chi connectivity index (χ3n) is 5.57. The maximum Gasteiger partial charge on any atom is 0.409 e. The van der Waals surface area contributed by atoms with Crippen LogP contribution in [-0.4, -0.2) is 98.4 Å². The Labute approximate surface area is 187 Å². The molecule has 0 radical (unpaired) electrons. The molecule has 2 heterocycles. The van der Waals surface area contributed by atoms with E-state index in [1.54, 1.807) is 0 Å². The molecule has 4 unspecified atom stereocenters. The predicted molar refractivity (Wildman–Crippen MR) is 103 cm³/mol. The Bertz CT molecular complexity index is 697. The van der Waals surface area contributed by atoms with Crippen molar-refractivity contribution in [2.24, 2.45) is 11.8 Å². The van der Waals surface area contributed by atoms with E-state index in [1.165, 1.54) is 7.11 Å². The Morgan fingerprint density at radius 1 is 0.758 bits per heavy atom. The average Bonchev–Trinajstić information content (AvgIpc) is 2.81. The van der Waals surface area contributed by atoms with Crippen molar-refractivity contribution in [1.82, 2.24) is 9.80 Å². The van der Waals surface area contributed by atoms with Gasteiger partial charge in [-0.2, -0.15) is 0 Å². The van der Waals surface area contributed by atoms with Crippen LogP contribution in [0.4, 0.5) is 27.2 Å². The summed E-state index contributed by atoms with van der Waals surface area (Å²) in [7, 11) is 3.46. The summed E-state index contributed by atoms with van der Waals surface area (Å²) in [6.07, 6.45) is -6.95. The van der Waals surface area contributed by atoms with Gasteiger partial charge in [0, 0.05) is 13.1 Å². The fraction of sp³-hybridized carbons (Fsp3) is 0.789. The molecular weight excluding hydrogens is 460 g/mol. The van der Waals surface area contributed by atoms with Crippen LogP contribution >= 0.6 is 0 Å². The highest BCUT2D eigenvalue weighted by atomic mass is 19.3. The molecule has 0 saturated carbocycles. The highest BCUT2D eigenvalue weighted by molar-refractivity contribution is 5.74. The Hall–Kier alpha value is -2.80. The van der Waals surface area contributed by atoms with Crippen molar-refractivity contribution in [3.63, 3.8) is 0 Å². The fourth-order valence-corrected chi connectivity index (χ4v) is 3.77. The Morgan fingerprint density at radius 2 is 1.15 bits per heavy atom. The number of likely N-dealkylation sites (tertiary alicyclic amines) is 2. The summed E-state index contributed by atoms with van der Waals surface area (Å²) in [6, 6.07) is -2.66. The number of nitrogens with zero attached hydrogens (tertiary/aromatic N) is 2. The summed E-state index contributed by atoms with van der Waals surface area (Å²) in [6.45, 7) is 0.0556. The predicted octanol–water partition coefficient (Wildman–Crippen LogP) is 2.45. The largest absolute Gasteiger partial charge is 0.481 e. The normalized spacial score (nSPS) is 25.1. The van der Waals surface area contributed by atoms with Crippen molar-refractivity contribution >= 4 is 24.1 Å². The molecule has 2 fully saturated rings. The molecule has 2 aliphatic rings. The number of carbonyl (C=O) groups excluding carboxylic acids is 3. The molecule has 190 valence electrons. The quantitative estimate of drug-likeness (QED) is 0.364. The Kier molecular flexibility index (Phi) is 11.2. The van der Waals surface area contributed by atoms with Gasteiger partial charge in [0.1, 0.15) is 0 Å². The third-order valence-corrected chi connectivity index (χ3v) is 5.57. The maximum absolute atomic E-state index is 12.8. The zero-order valence-electron chi connectivity index (χ0n) is 18.4. The lowest BCUT2D eigenvalue weighted by atomic mass is 9.91. The number of carboxylic acid groups (broad SMARTS) is 1. The fourth-order valence-electron chi connectivity index (χ4n) is 3.77. The number of rotatable bonds is 4. The van der Waals surface area contributed by atoms with Gasteiger partial charge in [-0.15, -0.1) is 0 Å². The second-order valence-electron chi connectivity index (χ2n) is 7.43. The Morgan fingerprint density at radius 3 is 1.48 bits per heavy atom. The van der Waals surface area contributed by atoms with Crippen LogP contribution in [0.3, 0.4) is 0 Å². The molecule has 2 rings (SSSR count). The number of esters is 1. The second-order valence-corrected chi connectivity index (χ2v) is 7.43. The van der Waals surface area contributed by atoms with Gasteiger partial charge in [0.25, 0.3) is 12.9 Å². The SMILES string of the molecule is COC(=O)C1CCN(C(=O)OC)C(C(F)F)C1.COC(=O)N1CCC(C(=O)O)CC1C(F)F. The lowest BCUT2D eigenvalue weighted by Crippen LogP contribution is -2.50. The molecule has 33 heavy (non-hydrogen) atoms. The minimum absolute atomic E-state index is 0.0152. The van der Waals surface area contributed by atoms with Gasteiger partial charge in [0.2, 0.25) is 0 Å². The number of ether oxygens (including phenoxy) is 3. The molecule has 14 heteroatoms. The molecule has 2 aliphatic heterocycles. The van der Waals surface area contributed by atoms with Gasteiger partial charge in [-0.1, -0.05) is 0 Å². The number of amides is 2. The number of carbonyl (C=O) groups is 4. The standard InChI is InChI=1S/C10H15F2NO4.C9H13F2NO4/c1-16-9(14)6-3-4-13(10(15)17-2)7(5-6)8(11)12;1-16-9(15)12-3-2-5(8(13)14)4-6(12)7(10)11/h6-8H,3-5H2,1-2H3;5-7H,2-4H2,1H3,(H,13,14). The number of hydrogen-bond acceptors (Lipinski definition) is 7. The molecule has 1 N–H and O–H groups in total. The lowest BCUT2D eigenvalue weighted by Gasteiger charge is -2.36. The zero-order chi connectivity index (χ0) is 25.3. The molecular formula is C19H28F4N2O8. The van der Waals surface area contributed by atoms with E-state index in [4.69, 9.17) is 5.11 Å². The molecule has 2 amide bonds. The van der Waals surface area contributed by atoms with E-state index in [0.717, 1.165) is 24.0 Å². The molecule has 0 aliphatic carbocycles. The summed E-state index contributed by atoms with van der Waals surface area (Å²) in [5.41, 5.74) is 0. The van der Waals surface area contributed by atoms with Gasteiger partial charge in [-0.3, -0.25) is 19.4 Å².